The van der Waals surface area contributed by atoms with E-state index in [9.17, 15) is 0 Å². The highest BCUT2D eigenvalue weighted by molar-refractivity contribution is 4.72. The maximum atomic E-state index is 5.60. The molecule has 96 valence electrons. The topological polar surface area (TPSA) is 47.7 Å². The van der Waals surface area contributed by atoms with Crippen molar-refractivity contribution in [1.82, 2.24) is 4.90 Å². The van der Waals surface area contributed by atoms with Crippen molar-refractivity contribution in [3.05, 3.63) is 0 Å². The van der Waals surface area contributed by atoms with E-state index in [1.54, 1.807) is 7.11 Å². The zero-order chi connectivity index (χ0) is 11.6. The van der Waals surface area contributed by atoms with Crippen molar-refractivity contribution >= 4 is 0 Å². The first kappa shape index (κ1) is 13.9. The Labute approximate surface area is 99.1 Å². The van der Waals surface area contributed by atoms with Gasteiger partial charge in [0.25, 0.3) is 0 Å². The van der Waals surface area contributed by atoms with Crippen LogP contribution in [0.2, 0.25) is 0 Å². The number of likely N-dealkylation sites (tertiary alicyclic amines) is 1. The lowest BCUT2D eigenvalue weighted by Crippen LogP contribution is -2.38. The molecule has 0 saturated carbocycles. The van der Waals surface area contributed by atoms with E-state index < -0.39 is 0 Å². The molecule has 0 aromatic carbocycles. The van der Waals surface area contributed by atoms with Crippen LogP contribution in [0.25, 0.3) is 0 Å². The second-order valence-electron chi connectivity index (χ2n) is 4.49. The number of nitrogens with zero attached hydrogens (tertiary/aromatic N) is 1. The van der Waals surface area contributed by atoms with Crippen LogP contribution in [0, 0.1) is 5.92 Å². The molecular weight excluding hydrogens is 204 g/mol. The van der Waals surface area contributed by atoms with Crippen molar-refractivity contribution in [3.63, 3.8) is 0 Å². The van der Waals surface area contributed by atoms with Crippen LogP contribution >= 0.6 is 0 Å². The molecule has 4 heteroatoms. The minimum atomic E-state index is 0.690. The lowest BCUT2D eigenvalue weighted by Gasteiger charge is -2.32. The van der Waals surface area contributed by atoms with Crippen molar-refractivity contribution in [2.24, 2.45) is 11.7 Å². The van der Waals surface area contributed by atoms with Gasteiger partial charge in [-0.3, -0.25) is 0 Å². The highest BCUT2D eigenvalue weighted by atomic mass is 16.5. The van der Waals surface area contributed by atoms with E-state index in [0.29, 0.717) is 13.2 Å². The molecule has 1 saturated heterocycles. The zero-order valence-electron chi connectivity index (χ0n) is 10.5. The average Bonchev–Trinajstić information content (AvgIpc) is 2.30. The lowest BCUT2D eigenvalue weighted by molar-refractivity contribution is 0.0490. The number of hydrogen-bond acceptors (Lipinski definition) is 4. The normalized spacial score (nSPS) is 22.5. The van der Waals surface area contributed by atoms with Crippen molar-refractivity contribution in [3.8, 4) is 0 Å². The van der Waals surface area contributed by atoms with Crippen LogP contribution in [-0.2, 0) is 9.47 Å². The van der Waals surface area contributed by atoms with Gasteiger partial charge < -0.3 is 20.1 Å². The minimum Gasteiger partial charge on any atom is -0.382 e. The fourth-order valence-electron chi connectivity index (χ4n) is 2.26. The van der Waals surface area contributed by atoms with Crippen molar-refractivity contribution in [2.45, 2.75) is 19.3 Å². The molecule has 1 aliphatic heterocycles. The summed E-state index contributed by atoms with van der Waals surface area (Å²) in [5.74, 6) is 0.803. The van der Waals surface area contributed by atoms with Crippen LogP contribution in [0.4, 0.5) is 0 Å². The fourth-order valence-corrected chi connectivity index (χ4v) is 2.26. The molecule has 1 unspecified atom stereocenters. The predicted octanol–water partition coefficient (Wildman–Crippen LogP) is 0.710. The summed E-state index contributed by atoms with van der Waals surface area (Å²) in [4.78, 5) is 2.50. The van der Waals surface area contributed by atoms with Gasteiger partial charge in [0.1, 0.15) is 0 Å². The molecule has 1 rings (SSSR count). The molecule has 16 heavy (non-hydrogen) atoms. The first-order valence-corrected chi connectivity index (χ1v) is 6.36. The van der Waals surface area contributed by atoms with Crippen LogP contribution < -0.4 is 5.73 Å². The molecule has 0 aromatic heterocycles. The Morgan fingerprint density at radius 2 is 2.19 bits per heavy atom. The number of methoxy groups -OCH3 is 1. The summed E-state index contributed by atoms with van der Waals surface area (Å²) in [7, 11) is 1.70. The SMILES string of the molecule is COCCOCCN1CCCC(CCN)C1. The van der Waals surface area contributed by atoms with Crippen LogP contribution in [0.1, 0.15) is 19.3 Å². The Kier molecular flexibility index (Phi) is 7.76. The Hall–Kier alpha value is -0.160. The molecule has 0 spiro atoms. The Balaban J connectivity index is 2.02. The first-order chi connectivity index (χ1) is 7.86. The number of hydrogen-bond donors (Lipinski definition) is 1. The average molecular weight is 230 g/mol. The van der Waals surface area contributed by atoms with Gasteiger partial charge in [0.05, 0.1) is 19.8 Å². The molecular formula is C12H26N2O2. The third-order valence-electron chi connectivity index (χ3n) is 3.16. The van der Waals surface area contributed by atoms with Crippen LogP contribution in [-0.4, -0.2) is 58.0 Å². The van der Waals surface area contributed by atoms with E-state index in [-0.39, 0.29) is 0 Å². The Morgan fingerprint density at radius 1 is 1.31 bits per heavy atom. The highest BCUT2D eigenvalue weighted by Crippen LogP contribution is 2.18. The van der Waals surface area contributed by atoms with Crippen LogP contribution in [0.5, 0.6) is 0 Å². The quantitative estimate of drug-likeness (QED) is 0.624. The van der Waals surface area contributed by atoms with E-state index in [0.717, 1.165) is 25.6 Å². The number of ether oxygens (including phenoxy) is 2. The maximum Gasteiger partial charge on any atom is 0.0700 e. The fraction of sp³-hybridized carbons (Fsp3) is 1.00. The van der Waals surface area contributed by atoms with Crippen LogP contribution in [0.15, 0.2) is 0 Å². The molecule has 1 fully saturated rings. The van der Waals surface area contributed by atoms with Gasteiger partial charge in [-0.05, 0) is 38.3 Å². The highest BCUT2D eigenvalue weighted by Gasteiger charge is 2.18. The Bertz CT molecular complexity index is 165. The zero-order valence-corrected chi connectivity index (χ0v) is 10.5. The van der Waals surface area contributed by atoms with Crippen molar-refractivity contribution in [1.29, 1.82) is 0 Å². The van der Waals surface area contributed by atoms with E-state index in [4.69, 9.17) is 15.2 Å². The Morgan fingerprint density at radius 3 is 2.94 bits per heavy atom. The van der Waals surface area contributed by atoms with Gasteiger partial charge >= 0.3 is 0 Å². The van der Waals surface area contributed by atoms with Gasteiger partial charge in [0.15, 0.2) is 0 Å². The van der Waals surface area contributed by atoms with Gasteiger partial charge in [-0.15, -0.1) is 0 Å². The largest absolute Gasteiger partial charge is 0.382 e. The second kappa shape index (κ2) is 8.93. The molecule has 0 bridgehead atoms. The summed E-state index contributed by atoms with van der Waals surface area (Å²) in [5, 5.41) is 0. The molecule has 1 atom stereocenters. The van der Waals surface area contributed by atoms with Gasteiger partial charge in [0, 0.05) is 20.2 Å². The molecule has 0 amide bonds. The van der Waals surface area contributed by atoms with E-state index >= 15 is 0 Å². The first-order valence-electron chi connectivity index (χ1n) is 6.36. The molecule has 2 N–H and O–H groups in total. The third kappa shape index (κ3) is 5.80. The summed E-state index contributed by atoms with van der Waals surface area (Å²) in [6, 6.07) is 0. The molecule has 0 aliphatic carbocycles. The smallest absolute Gasteiger partial charge is 0.0700 e. The molecule has 1 aliphatic rings. The monoisotopic (exact) mass is 230 g/mol. The number of piperidine rings is 1. The predicted molar refractivity (Wildman–Crippen MR) is 65.5 cm³/mol. The number of nitrogens with two attached hydrogens (primary N) is 1. The summed E-state index contributed by atoms with van der Waals surface area (Å²) in [6.07, 6.45) is 3.82. The summed E-state index contributed by atoms with van der Waals surface area (Å²) in [6.45, 7) is 6.50. The van der Waals surface area contributed by atoms with Gasteiger partial charge in [-0.25, -0.2) is 0 Å². The summed E-state index contributed by atoms with van der Waals surface area (Å²) >= 11 is 0. The van der Waals surface area contributed by atoms with Crippen molar-refractivity contribution in [2.75, 3.05) is 53.1 Å². The summed E-state index contributed by atoms with van der Waals surface area (Å²) < 4.78 is 10.4. The lowest BCUT2D eigenvalue weighted by atomic mass is 9.95. The minimum absolute atomic E-state index is 0.690. The summed E-state index contributed by atoms with van der Waals surface area (Å²) in [5.41, 5.74) is 5.60. The molecule has 0 aromatic rings. The molecule has 4 nitrogen and oxygen atoms in total. The molecule has 0 radical (unpaired) electrons. The van der Waals surface area contributed by atoms with E-state index in [1.165, 1.54) is 32.4 Å². The standard InChI is InChI=1S/C12H26N2O2/c1-15-9-10-16-8-7-14-6-2-3-12(11-14)4-5-13/h12H,2-11,13H2,1H3. The van der Waals surface area contributed by atoms with Gasteiger partial charge in [0.2, 0.25) is 0 Å². The molecule has 1 heterocycles. The third-order valence-corrected chi connectivity index (χ3v) is 3.16. The van der Waals surface area contributed by atoms with Crippen LogP contribution in [0.3, 0.4) is 0 Å². The second-order valence-corrected chi connectivity index (χ2v) is 4.49. The van der Waals surface area contributed by atoms with Crippen molar-refractivity contribution < 1.29 is 9.47 Å². The van der Waals surface area contributed by atoms with Gasteiger partial charge in [-0.2, -0.15) is 0 Å². The van der Waals surface area contributed by atoms with E-state index in [2.05, 4.69) is 4.90 Å². The van der Waals surface area contributed by atoms with E-state index in [1.807, 2.05) is 0 Å². The number of rotatable bonds is 8. The maximum absolute atomic E-state index is 5.60. The van der Waals surface area contributed by atoms with Gasteiger partial charge in [-0.1, -0.05) is 0 Å².